The lowest BCUT2D eigenvalue weighted by atomic mass is 10.2. The summed E-state index contributed by atoms with van der Waals surface area (Å²) in [6.45, 7) is 5.93. The first-order valence-corrected chi connectivity index (χ1v) is 10.9. The number of nitrogens with two attached hydrogens (primary N) is 1. The van der Waals surface area contributed by atoms with Crippen molar-refractivity contribution in [1.29, 1.82) is 0 Å². The number of aromatic nitrogens is 5. The Morgan fingerprint density at radius 2 is 1.77 bits per heavy atom. The van der Waals surface area contributed by atoms with Crippen LogP contribution in [0.5, 0.6) is 0 Å². The highest BCUT2D eigenvalue weighted by Gasteiger charge is 2.15. The summed E-state index contributed by atoms with van der Waals surface area (Å²) < 4.78 is 1.70. The fourth-order valence-corrected chi connectivity index (χ4v) is 4.19. The van der Waals surface area contributed by atoms with Gasteiger partial charge in [-0.1, -0.05) is 42.1 Å². The van der Waals surface area contributed by atoms with Crippen molar-refractivity contribution in [2.24, 2.45) is 0 Å². The predicted molar refractivity (Wildman–Crippen MR) is 125 cm³/mol. The van der Waals surface area contributed by atoms with Gasteiger partial charge in [0.25, 0.3) is 5.56 Å². The summed E-state index contributed by atoms with van der Waals surface area (Å²) in [4.78, 5) is 30.6. The zero-order valence-electron chi connectivity index (χ0n) is 17.5. The summed E-state index contributed by atoms with van der Waals surface area (Å²) in [5.41, 5.74) is 8.50. The van der Waals surface area contributed by atoms with Gasteiger partial charge in [0, 0.05) is 11.7 Å². The molecule has 31 heavy (non-hydrogen) atoms. The second-order valence-corrected chi connectivity index (χ2v) is 8.28. The molecule has 0 aliphatic heterocycles. The zero-order valence-corrected chi connectivity index (χ0v) is 18.3. The number of benzene rings is 2. The van der Waals surface area contributed by atoms with Crippen LogP contribution in [0.4, 0.5) is 17.6 Å². The van der Waals surface area contributed by atoms with E-state index in [0.29, 0.717) is 33.6 Å². The molecule has 3 N–H and O–H groups in total. The number of nitrogens with zero attached hydrogens (tertiary/aromatic N) is 5. The Morgan fingerprint density at radius 1 is 1.03 bits per heavy atom. The van der Waals surface area contributed by atoms with Gasteiger partial charge in [-0.25, -0.2) is 4.98 Å². The summed E-state index contributed by atoms with van der Waals surface area (Å²) in [5, 5.41) is 4.42. The Bertz CT molecular complexity index is 1300. The van der Waals surface area contributed by atoms with Crippen LogP contribution in [0.1, 0.15) is 31.3 Å². The third-order valence-corrected chi connectivity index (χ3v) is 5.66. The summed E-state index contributed by atoms with van der Waals surface area (Å²) in [6, 6.07) is 15.2. The zero-order chi connectivity index (χ0) is 22.0. The highest BCUT2D eigenvalue weighted by molar-refractivity contribution is 7.98. The van der Waals surface area contributed by atoms with Gasteiger partial charge in [0.2, 0.25) is 11.9 Å². The maximum absolute atomic E-state index is 13.0. The average Bonchev–Trinajstić information content (AvgIpc) is 2.73. The molecule has 4 rings (SSSR count). The van der Waals surface area contributed by atoms with E-state index in [4.69, 9.17) is 10.7 Å². The second-order valence-electron chi connectivity index (χ2n) is 7.34. The molecule has 8 nitrogen and oxygen atoms in total. The monoisotopic (exact) mass is 433 g/mol. The molecule has 0 spiro atoms. The molecule has 9 heteroatoms. The van der Waals surface area contributed by atoms with Gasteiger partial charge < -0.3 is 11.1 Å². The van der Waals surface area contributed by atoms with Crippen LogP contribution < -0.4 is 16.6 Å². The molecule has 0 saturated carbocycles. The number of fused-ring (bicyclic) bond motifs is 1. The second kappa shape index (κ2) is 8.73. The maximum atomic E-state index is 13.0. The summed E-state index contributed by atoms with van der Waals surface area (Å²) >= 11 is 1.40. The number of thioether (sulfide) groups is 1. The van der Waals surface area contributed by atoms with Gasteiger partial charge >= 0.3 is 0 Å². The van der Waals surface area contributed by atoms with Crippen molar-refractivity contribution >= 4 is 40.2 Å². The van der Waals surface area contributed by atoms with Gasteiger partial charge in [-0.05, 0) is 44.5 Å². The number of para-hydroxylation sites is 2. The molecule has 0 atom stereocenters. The Balaban J connectivity index is 1.63. The molecule has 0 fully saturated rings. The van der Waals surface area contributed by atoms with Crippen LogP contribution >= 0.6 is 11.8 Å². The molecule has 0 aliphatic carbocycles. The third-order valence-electron chi connectivity index (χ3n) is 4.71. The number of rotatable bonds is 6. The van der Waals surface area contributed by atoms with Crippen molar-refractivity contribution in [1.82, 2.24) is 24.5 Å². The van der Waals surface area contributed by atoms with E-state index in [1.807, 2.05) is 63.2 Å². The first-order valence-electron chi connectivity index (χ1n) is 9.89. The van der Waals surface area contributed by atoms with E-state index in [9.17, 15) is 4.79 Å². The largest absolute Gasteiger partial charge is 0.368 e. The summed E-state index contributed by atoms with van der Waals surface area (Å²) in [7, 11) is 0. The molecular weight excluding hydrogens is 410 g/mol. The van der Waals surface area contributed by atoms with Crippen molar-refractivity contribution < 1.29 is 0 Å². The van der Waals surface area contributed by atoms with Crippen LogP contribution in [0.15, 0.2) is 58.5 Å². The maximum Gasteiger partial charge on any atom is 0.262 e. The first-order chi connectivity index (χ1) is 14.9. The van der Waals surface area contributed by atoms with Crippen LogP contribution in [0, 0.1) is 6.92 Å². The van der Waals surface area contributed by atoms with Crippen molar-refractivity contribution in [3.05, 3.63) is 70.3 Å². The first kappa shape index (κ1) is 20.8. The molecule has 2 aromatic carbocycles. The number of hydrogen-bond donors (Lipinski definition) is 2. The Morgan fingerprint density at radius 3 is 2.55 bits per heavy atom. The van der Waals surface area contributed by atoms with E-state index in [1.54, 1.807) is 10.6 Å². The smallest absolute Gasteiger partial charge is 0.262 e. The van der Waals surface area contributed by atoms with Crippen LogP contribution in [0.3, 0.4) is 0 Å². The number of hydrogen-bond acceptors (Lipinski definition) is 8. The van der Waals surface area contributed by atoms with Crippen LogP contribution in [0.25, 0.3) is 10.9 Å². The van der Waals surface area contributed by atoms with E-state index in [1.165, 1.54) is 11.8 Å². The highest BCUT2D eigenvalue weighted by Crippen LogP contribution is 2.24. The number of nitrogen functional groups attached to an aromatic ring is 1. The average molecular weight is 434 g/mol. The molecule has 2 heterocycles. The van der Waals surface area contributed by atoms with Crippen molar-refractivity contribution in [2.75, 3.05) is 11.1 Å². The van der Waals surface area contributed by atoms with Gasteiger partial charge in [0.05, 0.1) is 16.7 Å². The molecule has 158 valence electrons. The molecule has 0 radical (unpaired) electrons. The minimum Gasteiger partial charge on any atom is -0.368 e. The summed E-state index contributed by atoms with van der Waals surface area (Å²) in [6.07, 6.45) is 0. The third kappa shape index (κ3) is 4.51. The standard InChI is InChI=1S/C22H23N7OS/c1-13(2)29-19(30)15-9-5-7-11-17(15)25-22(29)31-12-18-26-20(23)28-21(27-18)24-16-10-6-4-8-14(16)3/h4-11,13H,12H2,1-3H3,(H3,23,24,26,27,28). The molecule has 4 aromatic rings. The number of anilines is 3. The van der Waals surface area contributed by atoms with Crippen LogP contribution in [-0.4, -0.2) is 24.5 Å². The van der Waals surface area contributed by atoms with Crippen molar-refractivity contribution in [3.8, 4) is 0 Å². The molecule has 0 amide bonds. The Kier molecular flexibility index (Phi) is 5.85. The fourth-order valence-electron chi connectivity index (χ4n) is 3.20. The number of aryl methyl sites for hydroxylation is 1. The van der Waals surface area contributed by atoms with Crippen LogP contribution in [0.2, 0.25) is 0 Å². The molecule has 0 aliphatic rings. The van der Waals surface area contributed by atoms with Gasteiger partial charge in [0.15, 0.2) is 5.16 Å². The number of nitrogens with one attached hydrogen (secondary N) is 1. The molecule has 0 bridgehead atoms. The van der Waals surface area contributed by atoms with E-state index < -0.39 is 0 Å². The van der Waals surface area contributed by atoms with Gasteiger partial charge in [-0.2, -0.15) is 15.0 Å². The van der Waals surface area contributed by atoms with Gasteiger partial charge in [0.1, 0.15) is 5.82 Å². The van der Waals surface area contributed by atoms with Crippen molar-refractivity contribution in [3.63, 3.8) is 0 Å². The van der Waals surface area contributed by atoms with E-state index in [0.717, 1.165) is 11.3 Å². The quantitative estimate of drug-likeness (QED) is 0.345. The lowest BCUT2D eigenvalue weighted by molar-refractivity contribution is 0.519. The molecule has 2 aromatic heterocycles. The lowest BCUT2D eigenvalue weighted by Crippen LogP contribution is -2.25. The van der Waals surface area contributed by atoms with Gasteiger partial charge in [-0.15, -0.1) is 0 Å². The minimum atomic E-state index is -0.0554. The van der Waals surface area contributed by atoms with E-state index >= 15 is 0 Å². The van der Waals surface area contributed by atoms with Crippen molar-refractivity contribution in [2.45, 2.75) is 37.7 Å². The summed E-state index contributed by atoms with van der Waals surface area (Å²) in [5.74, 6) is 1.41. The fraction of sp³-hybridized carbons (Fsp3) is 0.227. The minimum absolute atomic E-state index is 0.0335. The van der Waals surface area contributed by atoms with Crippen LogP contribution in [-0.2, 0) is 5.75 Å². The molecule has 0 unspecified atom stereocenters. The molecular formula is C22H23N7OS. The normalized spacial score (nSPS) is 11.2. The highest BCUT2D eigenvalue weighted by atomic mass is 32.2. The van der Waals surface area contributed by atoms with Gasteiger partial charge in [-0.3, -0.25) is 9.36 Å². The predicted octanol–water partition coefficient (Wildman–Crippen LogP) is 4.09. The molecule has 0 saturated heterocycles. The lowest BCUT2D eigenvalue weighted by Gasteiger charge is -2.16. The Labute approximate surface area is 184 Å². The van der Waals surface area contributed by atoms with E-state index in [2.05, 4.69) is 20.3 Å². The topological polar surface area (TPSA) is 112 Å². The van der Waals surface area contributed by atoms with E-state index in [-0.39, 0.29) is 17.5 Å². The SMILES string of the molecule is Cc1ccccc1Nc1nc(N)nc(CSc2nc3ccccc3c(=O)n2C(C)C)n1. The Hall–Kier alpha value is -3.46.